The Morgan fingerprint density at radius 3 is 2.50 bits per heavy atom. The molecule has 0 unspecified atom stereocenters. The smallest absolute Gasteiger partial charge is 0.211 e. The van der Waals surface area contributed by atoms with Crippen molar-refractivity contribution in [2.45, 2.75) is 33.7 Å². The van der Waals surface area contributed by atoms with Crippen LogP contribution in [0.5, 0.6) is 0 Å². The van der Waals surface area contributed by atoms with E-state index in [1.54, 1.807) is 7.05 Å². The summed E-state index contributed by atoms with van der Waals surface area (Å²) in [6.45, 7) is 8.41. The average molecular weight is 355 g/mol. The number of aliphatic imine (C=N–C) groups is 1. The minimum absolute atomic E-state index is 0.499. The van der Waals surface area contributed by atoms with Crippen LogP contribution in [-0.2, 0) is 16.6 Å². The van der Waals surface area contributed by atoms with Gasteiger partial charge in [-0.2, -0.15) is 0 Å². The van der Waals surface area contributed by atoms with E-state index in [1.165, 1.54) is 27.3 Å². The molecule has 0 aliphatic rings. The molecule has 0 amide bonds. The molecule has 0 atom stereocenters. The maximum absolute atomic E-state index is 11.5. The molecule has 0 aliphatic carbocycles. The van der Waals surface area contributed by atoms with E-state index in [4.69, 9.17) is 0 Å². The van der Waals surface area contributed by atoms with E-state index >= 15 is 0 Å². The zero-order chi connectivity index (χ0) is 18.2. The molecule has 1 aromatic carbocycles. The lowest BCUT2D eigenvalue weighted by atomic mass is 10.1. The van der Waals surface area contributed by atoms with E-state index in [0.717, 1.165) is 12.4 Å². The van der Waals surface area contributed by atoms with Gasteiger partial charge in [0.15, 0.2) is 5.96 Å². The fraction of sp³-hybridized carbons (Fsp3) is 0.588. The van der Waals surface area contributed by atoms with Crippen LogP contribution in [0.2, 0.25) is 0 Å². The number of hydrogen-bond donors (Lipinski definition) is 2. The topological polar surface area (TPSA) is 73.8 Å². The SMILES string of the molecule is CCN(CCCNC(=NC)NCc1ccc(C)cc1C)S(C)(=O)=O. The average Bonchev–Trinajstić information content (AvgIpc) is 2.50. The summed E-state index contributed by atoms with van der Waals surface area (Å²) in [4.78, 5) is 4.20. The predicted molar refractivity (Wildman–Crippen MR) is 101 cm³/mol. The number of benzene rings is 1. The molecule has 0 spiro atoms. The summed E-state index contributed by atoms with van der Waals surface area (Å²) in [5.74, 6) is 0.720. The first-order valence-electron chi connectivity index (χ1n) is 8.23. The van der Waals surface area contributed by atoms with Crippen LogP contribution in [0.1, 0.15) is 30.0 Å². The Bertz CT molecular complexity index is 657. The third-order valence-electron chi connectivity index (χ3n) is 3.87. The molecule has 2 N–H and O–H groups in total. The Morgan fingerprint density at radius 2 is 1.96 bits per heavy atom. The molecule has 0 aliphatic heterocycles. The first-order valence-corrected chi connectivity index (χ1v) is 10.1. The second-order valence-electron chi connectivity index (χ2n) is 5.89. The minimum atomic E-state index is -3.12. The van der Waals surface area contributed by atoms with Gasteiger partial charge in [-0.05, 0) is 31.4 Å². The summed E-state index contributed by atoms with van der Waals surface area (Å²) in [7, 11) is -1.39. The number of sulfonamides is 1. The lowest BCUT2D eigenvalue weighted by Gasteiger charge is -2.18. The van der Waals surface area contributed by atoms with Crippen LogP contribution in [0.4, 0.5) is 0 Å². The Kier molecular flexibility index (Phi) is 8.21. The van der Waals surface area contributed by atoms with Gasteiger partial charge in [0.1, 0.15) is 0 Å². The fourth-order valence-corrected chi connectivity index (χ4v) is 3.39. The largest absolute Gasteiger partial charge is 0.356 e. The van der Waals surface area contributed by atoms with Crippen molar-refractivity contribution in [3.05, 3.63) is 34.9 Å². The molecule has 24 heavy (non-hydrogen) atoms. The van der Waals surface area contributed by atoms with Crippen LogP contribution in [0.3, 0.4) is 0 Å². The molecule has 0 saturated carbocycles. The molecule has 1 aromatic rings. The molecule has 0 aromatic heterocycles. The van der Waals surface area contributed by atoms with Crippen molar-refractivity contribution in [3.63, 3.8) is 0 Å². The molecular formula is C17H30N4O2S. The summed E-state index contributed by atoms with van der Waals surface area (Å²) in [5.41, 5.74) is 3.74. The second-order valence-corrected chi connectivity index (χ2v) is 7.87. The molecule has 0 heterocycles. The van der Waals surface area contributed by atoms with Crippen molar-refractivity contribution in [1.82, 2.24) is 14.9 Å². The fourth-order valence-electron chi connectivity index (χ4n) is 2.46. The molecule has 1 rings (SSSR count). The maximum atomic E-state index is 11.5. The van der Waals surface area contributed by atoms with Crippen molar-refractivity contribution >= 4 is 16.0 Å². The van der Waals surface area contributed by atoms with Crippen LogP contribution >= 0.6 is 0 Å². The molecule has 0 bridgehead atoms. The van der Waals surface area contributed by atoms with Crippen LogP contribution in [0, 0.1) is 13.8 Å². The lowest BCUT2D eigenvalue weighted by molar-refractivity contribution is 0.424. The Hall–Kier alpha value is -1.60. The van der Waals surface area contributed by atoms with E-state index in [-0.39, 0.29) is 0 Å². The van der Waals surface area contributed by atoms with Gasteiger partial charge in [-0.25, -0.2) is 12.7 Å². The lowest BCUT2D eigenvalue weighted by Crippen LogP contribution is -2.39. The number of nitrogens with zero attached hydrogens (tertiary/aromatic N) is 2. The monoisotopic (exact) mass is 354 g/mol. The normalized spacial score (nSPS) is 12.5. The molecule has 7 heteroatoms. The van der Waals surface area contributed by atoms with Gasteiger partial charge < -0.3 is 10.6 Å². The highest BCUT2D eigenvalue weighted by atomic mass is 32.2. The van der Waals surface area contributed by atoms with Gasteiger partial charge in [0.05, 0.1) is 6.26 Å². The predicted octanol–water partition coefficient (Wildman–Crippen LogP) is 1.64. The quantitative estimate of drug-likeness (QED) is 0.423. The standard InChI is InChI=1S/C17H30N4O2S/c1-6-21(24(5,22)23)11-7-10-19-17(18-4)20-13-16-9-8-14(2)12-15(16)3/h8-9,12H,6-7,10-11,13H2,1-5H3,(H2,18,19,20). The van der Waals surface area contributed by atoms with Gasteiger partial charge in [-0.15, -0.1) is 0 Å². The van der Waals surface area contributed by atoms with Crippen molar-refractivity contribution in [2.75, 3.05) is 32.9 Å². The van der Waals surface area contributed by atoms with Crippen LogP contribution in [-0.4, -0.2) is 51.6 Å². The van der Waals surface area contributed by atoms with E-state index in [1.807, 2.05) is 6.92 Å². The highest BCUT2D eigenvalue weighted by molar-refractivity contribution is 7.88. The number of aryl methyl sites for hydroxylation is 2. The molecular weight excluding hydrogens is 324 g/mol. The summed E-state index contributed by atoms with van der Waals surface area (Å²) in [6, 6.07) is 6.39. The van der Waals surface area contributed by atoms with Crippen LogP contribution < -0.4 is 10.6 Å². The molecule has 6 nitrogen and oxygen atoms in total. The number of rotatable bonds is 8. The highest BCUT2D eigenvalue weighted by Gasteiger charge is 2.13. The summed E-state index contributed by atoms with van der Waals surface area (Å²) < 4.78 is 24.5. The van der Waals surface area contributed by atoms with Crippen molar-refractivity contribution in [2.24, 2.45) is 4.99 Å². The van der Waals surface area contributed by atoms with E-state index < -0.39 is 10.0 Å². The molecule has 0 radical (unpaired) electrons. The summed E-state index contributed by atoms with van der Waals surface area (Å²) >= 11 is 0. The summed E-state index contributed by atoms with van der Waals surface area (Å²) in [5, 5.41) is 6.50. The Labute approximate surface area is 146 Å². The number of nitrogens with one attached hydrogen (secondary N) is 2. The Morgan fingerprint density at radius 1 is 1.25 bits per heavy atom. The third kappa shape index (κ3) is 6.88. The molecule has 0 saturated heterocycles. The highest BCUT2D eigenvalue weighted by Crippen LogP contribution is 2.09. The van der Waals surface area contributed by atoms with E-state index in [2.05, 4.69) is 47.7 Å². The Balaban J connectivity index is 2.40. The third-order valence-corrected chi connectivity index (χ3v) is 5.25. The first kappa shape index (κ1) is 20.4. The van der Waals surface area contributed by atoms with E-state index in [9.17, 15) is 8.42 Å². The van der Waals surface area contributed by atoms with Crippen molar-refractivity contribution in [3.8, 4) is 0 Å². The minimum Gasteiger partial charge on any atom is -0.356 e. The summed E-state index contributed by atoms with van der Waals surface area (Å²) in [6.07, 6.45) is 1.97. The van der Waals surface area contributed by atoms with E-state index in [0.29, 0.717) is 26.2 Å². The van der Waals surface area contributed by atoms with Gasteiger partial charge in [0, 0.05) is 33.2 Å². The van der Waals surface area contributed by atoms with Gasteiger partial charge >= 0.3 is 0 Å². The first-order chi connectivity index (χ1) is 11.3. The van der Waals surface area contributed by atoms with Gasteiger partial charge in [0.25, 0.3) is 0 Å². The van der Waals surface area contributed by atoms with Gasteiger partial charge in [0.2, 0.25) is 10.0 Å². The number of guanidine groups is 1. The second kappa shape index (κ2) is 9.64. The van der Waals surface area contributed by atoms with Crippen LogP contribution in [0.25, 0.3) is 0 Å². The van der Waals surface area contributed by atoms with Gasteiger partial charge in [-0.3, -0.25) is 4.99 Å². The molecule has 0 fully saturated rings. The zero-order valence-electron chi connectivity index (χ0n) is 15.4. The maximum Gasteiger partial charge on any atom is 0.211 e. The van der Waals surface area contributed by atoms with Crippen LogP contribution in [0.15, 0.2) is 23.2 Å². The van der Waals surface area contributed by atoms with Gasteiger partial charge in [-0.1, -0.05) is 30.7 Å². The van der Waals surface area contributed by atoms with Crippen molar-refractivity contribution < 1.29 is 8.42 Å². The van der Waals surface area contributed by atoms with Crippen molar-refractivity contribution in [1.29, 1.82) is 0 Å². The zero-order valence-corrected chi connectivity index (χ0v) is 16.2. The number of hydrogen-bond acceptors (Lipinski definition) is 3. The molecule has 136 valence electrons.